The molecule has 0 rings (SSSR count). The number of aliphatic carboxylic acids is 1. The molecule has 0 bridgehead atoms. The fourth-order valence-corrected chi connectivity index (χ4v) is 1.31. The number of hydrogen-bond acceptors (Lipinski definition) is 2. The molecule has 16 heavy (non-hydrogen) atoms. The van der Waals surface area contributed by atoms with Crippen molar-refractivity contribution in [3.8, 4) is 0 Å². The Hall–Kier alpha value is -1.26. The second-order valence-corrected chi connectivity index (χ2v) is 4.12. The zero-order valence-corrected chi connectivity index (χ0v) is 10.2. The number of urea groups is 1. The van der Waals surface area contributed by atoms with Gasteiger partial charge in [-0.3, -0.25) is 4.79 Å². The maximum atomic E-state index is 11.3. The Balaban J connectivity index is 3.62. The highest BCUT2D eigenvalue weighted by molar-refractivity contribution is 5.74. The molecule has 3 N–H and O–H groups in total. The number of carbonyl (C=O) groups is 2. The molecule has 0 aliphatic rings. The quantitative estimate of drug-likeness (QED) is 0.621. The molecule has 0 fully saturated rings. The number of hydrogen-bond donors (Lipinski definition) is 3. The monoisotopic (exact) mass is 230 g/mol. The first kappa shape index (κ1) is 14.7. The number of rotatable bonds is 7. The Morgan fingerprint density at radius 3 is 2.38 bits per heavy atom. The van der Waals surface area contributed by atoms with Crippen LogP contribution in [0.5, 0.6) is 0 Å². The van der Waals surface area contributed by atoms with Crippen LogP contribution in [0.15, 0.2) is 0 Å². The molecule has 0 radical (unpaired) electrons. The molecule has 0 spiro atoms. The van der Waals surface area contributed by atoms with Gasteiger partial charge in [0.25, 0.3) is 0 Å². The van der Waals surface area contributed by atoms with Crippen LogP contribution in [-0.2, 0) is 4.79 Å². The summed E-state index contributed by atoms with van der Waals surface area (Å²) in [5, 5.41) is 14.1. The highest BCUT2D eigenvalue weighted by atomic mass is 16.4. The standard InChI is InChI=1S/C11H22N2O3/c1-4-5-9(3)13-11(16)12-7-6-8(2)10(14)15/h8-9H,4-7H2,1-3H3,(H,14,15)(H2,12,13,16). The highest BCUT2D eigenvalue weighted by Crippen LogP contribution is 1.99. The summed E-state index contributed by atoms with van der Waals surface area (Å²) in [5.41, 5.74) is 0. The van der Waals surface area contributed by atoms with E-state index in [1.54, 1.807) is 6.92 Å². The summed E-state index contributed by atoms with van der Waals surface area (Å²) in [5.74, 6) is -1.25. The van der Waals surface area contributed by atoms with Crippen LogP contribution in [0, 0.1) is 5.92 Å². The Morgan fingerprint density at radius 1 is 1.25 bits per heavy atom. The summed E-state index contributed by atoms with van der Waals surface area (Å²) in [6.45, 7) is 6.02. The molecule has 0 heterocycles. The molecule has 0 saturated carbocycles. The van der Waals surface area contributed by atoms with Crippen molar-refractivity contribution in [2.75, 3.05) is 6.54 Å². The van der Waals surface area contributed by atoms with E-state index in [1.165, 1.54) is 0 Å². The van der Waals surface area contributed by atoms with Crippen molar-refractivity contribution in [1.29, 1.82) is 0 Å². The van der Waals surface area contributed by atoms with E-state index in [0.29, 0.717) is 13.0 Å². The van der Waals surface area contributed by atoms with Gasteiger partial charge < -0.3 is 15.7 Å². The number of carbonyl (C=O) groups excluding carboxylic acids is 1. The molecule has 5 nitrogen and oxygen atoms in total. The van der Waals surface area contributed by atoms with Crippen molar-refractivity contribution in [2.24, 2.45) is 5.92 Å². The Bertz CT molecular complexity index is 231. The summed E-state index contributed by atoms with van der Waals surface area (Å²) in [6, 6.07) is -0.0690. The molecule has 0 aromatic heterocycles. The second-order valence-electron chi connectivity index (χ2n) is 4.12. The third-order valence-electron chi connectivity index (χ3n) is 2.38. The zero-order valence-electron chi connectivity index (χ0n) is 10.2. The molecule has 0 aromatic rings. The average Bonchev–Trinajstić information content (AvgIpc) is 2.17. The Kier molecular flexibility index (Phi) is 7.33. The number of nitrogens with one attached hydrogen (secondary N) is 2. The average molecular weight is 230 g/mol. The van der Waals surface area contributed by atoms with E-state index in [9.17, 15) is 9.59 Å². The van der Waals surface area contributed by atoms with E-state index in [2.05, 4.69) is 17.6 Å². The van der Waals surface area contributed by atoms with Gasteiger partial charge in [-0.25, -0.2) is 4.79 Å². The van der Waals surface area contributed by atoms with Crippen molar-refractivity contribution < 1.29 is 14.7 Å². The lowest BCUT2D eigenvalue weighted by atomic mass is 10.1. The van der Waals surface area contributed by atoms with E-state index < -0.39 is 11.9 Å². The van der Waals surface area contributed by atoms with E-state index in [4.69, 9.17) is 5.11 Å². The first-order valence-electron chi connectivity index (χ1n) is 5.74. The first-order chi connectivity index (χ1) is 7.47. The van der Waals surface area contributed by atoms with Gasteiger partial charge in [-0.05, 0) is 19.8 Å². The maximum Gasteiger partial charge on any atom is 0.314 e. The van der Waals surface area contributed by atoms with Crippen molar-refractivity contribution in [1.82, 2.24) is 10.6 Å². The number of amides is 2. The molecule has 0 saturated heterocycles. The molecule has 0 aromatic carbocycles. The third-order valence-corrected chi connectivity index (χ3v) is 2.38. The van der Waals surface area contributed by atoms with Crippen LogP contribution in [0.1, 0.15) is 40.0 Å². The van der Waals surface area contributed by atoms with Gasteiger partial charge in [0.15, 0.2) is 0 Å². The van der Waals surface area contributed by atoms with Crippen molar-refractivity contribution in [3.63, 3.8) is 0 Å². The van der Waals surface area contributed by atoms with Crippen LogP contribution in [-0.4, -0.2) is 29.7 Å². The van der Waals surface area contributed by atoms with Gasteiger partial charge in [-0.15, -0.1) is 0 Å². The largest absolute Gasteiger partial charge is 0.481 e. The summed E-state index contributed by atoms with van der Waals surface area (Å²) in [6.07, 6.45) is 2.42. The normalized spacial score (nSPS) is 13.9. The second kappa shape index (κ2) is 7.96. The Labute approximate surface area is 96.6 Å². The molecule has 94 valence electrons. The SMILES string of the molecule is CCCC(C)NC(=O)NCCC(C)C(=O)O. The van der Waals surface area contributed by atoms with Crippen LogP contribution < -0.4 is 10.6 Å². The maximum absolute atomic E-state index is 11.3. The molecule has 2 amide bonds. The van der Waals surface area contributed by atoms with E-state index in [-0.39, 0.29) is 12.1 Å². The minimum atomic E-state index is -0.832. The first-order valence-corrected chi connectivity index (χ1v) is 5.74. The predicted octanol–water partition coefficient (Wildman–Crippen LogP) is 1.58. The smallest absolute Gasteiger partial charge is 0.314 e. The predicted molar refractivity (Wildman–Crippen MR) is 62.3 cm³/mol. The van der Waals surface area contributed by atoms with Gasteiger partial charge in [0.05, 0.1) is 5.92 Å². The van der Waals surface area contributed by atoms with E-state index in [1.807, 2.05) is 6.92 Å². The summed E-state index contributed by atoms with van der Waals surface area (Å²) < 4.78 is 0. The molecular weight excluding hydrogens is 208 g/mol. The van der Waals surface area contributed by atoms with Crippen LogP contribution in [0.25, 0.3) is 0 Å². The molecular formula is C11H22N2O3. The van der Waals surface area contributed by atoms with Gasteiger partial charge >= 0.3 is 12.0 Å². The highest BCUT2D eigenvalue weighted by Gasteiger charge is 2.11. The van der Waals surface area contributed by atoms with Crippen LogP contribution in [0.3, 0.4) is 0 Å². The number of carboxylic acid groups (broad SMARTS) is 1. The lowest BCUT2D eigenvalue weighted by Gasteiger charge is -2.14. The summed E-state index contributed by atoms with van der Waals surface area (Å²) in [4.78, 5) is 21.8. The van der Waals surface area contributed by atoms with Gasteiger partial charge in [0, 0.05) is 12.6 Å². The van der Waals surface area contributed by atoms with Gasteiger partial charge in [0.1, 0.15) is 0 Å². The number of carboxylic acids is 1. The molecule has 2 unspecified atom stereocenters. The van der Waals surface area contributed by atoms with Gasteiger partial charge in [-0.1, -0.05) is 20.3 Å². The fraction of sp³-hybridized carbons (Fsp3) is 0.818. The van der Waals surface area contributed by atoms with Crippen LogP contribution in [0.4, 0.5) is 4.79 Å². The fourth-order valence-electron chi connectivity index (χ4n) is 1.31. The van der Waals surface area contributed by atoms with Gasteiger partial charge in [0.2, 0.25) is 0 Å². The summed E-state index contributed by atoms with van der Waals surface area (Å²) in [7, 11) is 0. The third kappa shape index (κ3) is 7.09. The van der Waals surface area contributed by atoms with Crippen molar-refractivity contribution in [3.05, 3.63) is 0 Å². The molecule has 0 aliphatic carbocycles. The minimum absolute atomic E-state index is 0.155. The summed E-state index contributed by atoms with van der Waals surface area (Å²) >= 11 is 0. The molecule has 2 atom stereocenters. The van der Waals surface area contributed by atoms with Crippen LogP contribution in [0.2, 0.25) is 0 Å². The van der Waals surface area contributed by atoms with E-state index in [0.717, 1.165) is 12.8 Å². The van der Waals surface area contributed by atoms with Crippen molar-refractivity contribution >= 4 is 12.0 Å². The van der Waals surface area contributed by atoms with Crippen LogP contribution >= 0.6 is 0 Å². The molecule has 5 heteroatoms. The zero-order chi connectivity index (χ0) is 12.6. The van der Waals surface area contributed by atoms with Crippen molar-refractivity contribution in [2.45, 2.75) is 46.1 Å². The topological polar surface area (TPSA) is 78.4 Å². The van der Waals surface area contributed by atoms with E-state index >= 15 is 0 Å². The molecule has 0 aliphatic heterocycles. The van der Waals surface area contributed by atoms with Gasteiger partial charge in [-0.2, -0.15) is 0 Å². The lowest BCUT2D eigenvalue weighted by Crippen LogP contribution is -2.41. The Morgan fingerprint density at radius 2 is 1.88 bits per heavy atom. The minimum Gasteiger partial charge on any atom is -0.481 e. The lowest BCUT2D eigenvalue weighted by molar-refractivity contribution is -0.141.